The van der Waals surface area contributed by atoms with Crippen molar-refractivity contribution in [2.24, 2.45) is 11.7 Å². The van der Waals surface area contributed by atoms with Gasteiger partial charge < -0.3 is 20.7 Å². The summed E-state index contributed by atoms with van der Waals surface area (Å²) in [6, 6.07) is 0.833. The van der Waals surface area contributed by atoms with Crippen LogP contribution < -0.4 is 11.1 Å². The zero-order chi connectivity index (χ0) is 15.5. The van der Waals surface area contributed by atoms with E-state index in [1.165, 1.54) is 19.3 Å². The van der Waals surface area contributed by atoms with E-state index >= 15 is 0 Å². The molecule has 0 bridgehead atoms. The second-order valence-corrected chi connectivity index (χ2v) is 7.33. The molecule has 122 valence electrons. The fraction of sp³-hybridized carbons (Fsp3) is 0.938. The number of rotatable bonds is 4. The van der Waals surface area contributed by atoms with Crippen molar-refractivity contribution in [3.05, 3.63) is 0 Å². The Balaban J connectivity index is 1.99. The summed E-state index contributed by atoms with van der Waals surface area (Å²) < 4.78 is 5.57. The van der Waals surface area contributed by atoms with Gasteiger partial charge in [-0.3, -0.25) is 0 Å². The van der Waals surface area contributed by atoms with Crippen LogP contribution in [0.5, 0.6) is 0 Å². The van der Waals surface area contributed by atoms with E-state index in [2.05, 4.69) is 5.32 Å². The number of carbonyl (C=O) groups is 1. The average molecular weight is 297 g/mol. The van der Waals surface area contributed by atoms with Gasteiger partial charge in [-0.1, -0.05) is 6.42 Å². The molecule has 2 fully saturated rings. The normalized spacial score (nSPS) is 29.9. The van der Waals surface area contributed by atoms with Crippen molar-refractivity contribution in [1.82, 2.24) is 10.2 Å². The van der Waals surface area contributed by atoms with Crippen LogP contribution in [0, 0.1) is 5.92 Å². The average Bonchev–Trinajstić information content (AvgIpc) is 3.02. The molecule has 21 heavy (non-hydrogen) atoms. The predicted octanol–water partition coefficient (Wildman–Crippen LogP) is 2.10. The largest absolute Gasteiger partial charge is 0.444 e. The zero-order valence-corrected chi connectivity index (χ0v) is 13.7. The highest BCUT2D eigenvalue weighted by molar-refractivity contribution is 5.69. The minimum absolute atomic E-state index is 0.144. The molecule has 1 heterocycles. The van der Waals surface area contributed by atoms with Crippen LogP contribution in [-0.2, 0) is 4.74 Å². The number of amides is 1. The van der Waals surface area contributed by atoms with Gasteiger partial charge in [-0.05, 0) is 52.4 Å². The SMILES string of the molecule is CC(C)(C)OC(=O)N1CCCC1C1CCCC1NCCN. The molecule has 0 aromatic heterocycles. The number of ether oxygens (including phenoxy) is 1. The molecule has 0 aromatic carbocycles. The summed E-state index contributed by atoms with van der Waals surface area (Å²) in [5.41, 5.74) is 5.18. The summed E-state index contributed by atoms with van der Waals surface area (Å²) >= 11 is 0. The molecule has 5 nitrogen and oxygen atoms in total. The van der Waals surface area contributed by atoms with Gasteiger partial charge in [-0.25, -0.2) is 4.79 Å². The summed E-state index contributed by atoms with van der Waals surface area (Å²) in [4.78, 5) is 14.4. The lowest BCUT2D eigenvalue weighted by molar-refractivity contribution is 0.0167. The number of nitrogens with one attached hydrogen (secondary N) is 1. The fourth-order valence-electron chi connectivity index (χ4n) is 3.76. The Morgan fingerprint density at radius 1 is 1.29 bits per heavy atom. The molecule has 2 aliphatic rings. The van der Waals surface area contributed by atoms with Crippen molar-refractivity contribution >= 4 is 6.09 Å². The Bertz CT molecular complexity index is 354. The van der Waals surface area contributed by atoms with Gasteiger partial charge in [0.15, 0.2) is 0 Å². The van der Waals surface area contributed by atoms with E-state index in [1.807, 2.05) is 25.7 Å². The molecule has 1 saturated heterocycles. The third-order valence-electron chi connectivity index (χ3n) is 4.54. The minimum Gasteiger partial charge on any atom is -0.444 e. The van der Waals surface area contributed by atoms with E-state index < -0.39 is 5.60 Å². The third kappa shape index (κ3) is 4.33. The van der Waals surface area contributed by atoms with Crippen LogP contribution in [0.4, 0.5) is 4.79 Å². The van der Waals surface area contributed by atoms with Gasteiger partial charge in [0.25, 0.3) is 0 Å². The van der Waals surface area contributed by atoms with Gasteiger partial charge in [-0.2, -0.15) is 0 Å². The topological polar surface area (TPSA) is 67.6 Å². The van der Waals surface area contributed by atoms with Crippen LogP contribution in [0.1, 0.15) is 52.9 Å². The minimum atomic E-state index is -0.420. The van der Waals surface area contributed by atoms with E-state index in [4.69, 9.17) is 10.5 Å². The Morgan fingerprint density at radius 2 is 2.05 bits per heavy atom. The second-order valence-electron chi connectivity index (χ2n) is 7.33. The van der Waals surface area contributed by atoms with E-state index in [-0.39, 0.29) is 6.09 Å². The van der Waals surface area contributed by atoms with Gasteiger partial charge in [0, 0.05) is 31.7 Å². The maximum Gasteiger partial charge on any atom is 0.410 e. The van der Waals surface area contributed by atoms with Crippen LogP contribution in [0.2, 0.25) is 0 Å². The standard InChI is InChI=1S/C16H31N3O2/c1-16(2,3)21-15(20)19-11-5-8-14(19)12-6-4-7-13(12)18-10-9-17/h12-14,18H,4-11,17H2,1-3H3. The first-order chi connectivity index (χ1) is 9.92. The number of likely N-dealkylation sites (tertiary alicyclic amines) is 1. The highest BCUT2D eigenvalue weighted by Gasteiger charge is 2.41. The zero-order valence-electron chi connectivity index (χ0n) is 13.7. The Hall–Kier alpha value is -0.810. The van der Waals surface area contributed by atoms with Crippen LogP contribution in [0.3, 0.4) is 0 Å². The van der Waals surface area contributed by atoms with Gasteiger partial charge in [0.1, 0.15) is 5.60 Å². The number of carbonyl (C=O) groups excluding carboxylic acids is 1. The van der Waals surface area contributed by atoms with Crippen LogP contribution in [0.25, 0.3) is 0 Å². The van der Waals surface area contributed by atoms with Crippen molar-refractivity contribution in [2.75, 3.05) is 19.6 Å². The van der Waals surface area contributed by atoms with Crippen LogP contribution >= 0.6 is 0 Å². The first-order valence-corrected chi connectivity index (χ1v) is 8.35. The highest BCUT2D eigenvalue weighted by atomic mass is 16.6. The lowest BCUT2D eigenvalue weighted by Crippen LogP contribution is -2.48. The molecule has 2 rings (SSSR count). The molecular formula is C16H31N3O2. The lowest BCUT2D eigenvalue weighted by atomic mass is 9.92. The number of hydrogen-bond donors (Lipinski definition) is 2. The highest BCUT2D eigenvalue weighted by Crippen LogP contribution is 2.36. The van der Waals surface area contributed by atoms with Crippen molar-refractivity contribution in [3.63, 3.8) is 0 Å². The van der Waals surface area contributed by atoms with Crippen molar-refractivity contribution in [3.8, 4) is 0 Å². The van der Waals surface area contributed by atoms with E-state index in [1.54, 1.807) is 0 Å². The van der Waals surface area contributed by atoms with E-state index in [0.29, 0.717) is 24.5 Å². The van der Waals surface area contributed by atoms with Crippen LogP contribution in [0.15, 0.2) is 0 Å². The fourth-order valence-corrected chi connectivity index (χ4v) is 3.76. The van der Waals surface area contributed by atoms with Gasteiger partial charge >= 0.3 is 6.09 Å². The number of hydrogen-bond acceptors (Lipinski definition) is 4. The lowest BCUT2D eigenvalue weighted by Gasteiger charge is -2.34. The van der Waals surface area contributed by atoms with Crippen molar-refractivity contribution in [2.45, 2.75) is 70.6 Å². The maximum absolute atomic E-state index is 12.4. The summed E-state index contributed by atoms with van der Waals surface area (Å²) in [6.07, 6.45) is 5.69. The first kappa shape index (κ1) is 16.6. The first-order valence-electron chi connectivity index (χ1n) is 8.35. The van der Waals surface area contributed by atoms with Gasteiger partial charge in [-0.15, -0.1) is 0 Å². The molecule has 0 spiro atoms. The smallest absolute Gasteiger partial charge is 0.410 e. The quantitative estimate of drug-likeness (QED) is 0.834. The molecule has 5 heteroatoms. The monoisotopic (exact) mass is 297 g/mol. The summed E-state index contributed by atoms with van der Waals surface area (Å²) in [5.74, 6) is 0.548. The summed E-state index contributed by atoms with van der Waals surface area (Å²) in [6.45, 7) is 8.15. The van der Waals surface area contributed by atoms with Gasteiger partial charge in [0.05, 0.1) is 0 Å². The third-order valence-corrected chi connectivity index (χ3v) is 4.54. The molecule has 0 aromatic rings. The molecule has 3 unspecified atom stereocenters. The molecule has 1 amide bonds. The molecule has 1 aliphatic heterocycles. The number of nitrogens with two attached hydrogens (primary N) is 1. The summed E-state index contributed by atoms with van der Waals surface area (Å²) in [7, 11) is 0. The molecular weight excluding hydrogens is 266 g/mol. The molecule has 0 radical (unpaired) electrons. The Kier molecular flexibility index (Phi) is 5.49. The predicted molar refractivity (Wildman–Crippen MR) is 84.1 cm³/mol. The Morgan fingerprint density at radius 3 is 2.71 bits per heavy atom. The van der Waals surface area contributed by atoms with E-state index in [9.17, 15) is 4.79 Å². The van der Waals surface area contributed by atoms with E-state index in [0.717, 1.165) is 25.9 Å². The number of nitrogens with zero attached hydrogens (tertiary/aromatic N) is 1. The molecule has 1 saturated carbocycles. The Labute approximate surface area is 128 Å². The van der Waals surface area contributed by atoms with Crippen molar-refractivity contribution < 1.29 is 9.53 Å². The summed E-state index contributed by atoms with van der Waals surface area (Å²) in [5, 5.41) is 3.56. The van der Waals surface area contributed by atoms with Gasteiger partial charge in [0.2, 0.25) is 0 Å². The maximum atomic E-state index is 12.4. The molecule has 3 N–H and O–H groups in total. The molecule has 1 aliphatic carbocycles. The van der Waals surface area contributed by atoms with Crippen LogP contribution in [-0.4, -0.2) is 48.3 Å². The molecule has 3 atom stereocenters. The van der Waals surface area contributed by atoms with Crippen molar-refractivity contribution in [1.29, 1.82) is 0 Å². The second kappa shape index (κ2) is 6.97.